The zero-order valence-electron chi connectivity index (χ0n) is 23.1. The number of esters is 1. The van der Waals surface area contributed by atoms with Gasteiger partial charge in [0.2, 0.25) is 0 Å². The van der Waals surface area contributed by atoms with Gasteiger partial charge >= 0.3 is 5.97 Å². The fourth-order valence-electron chi connectivity index (χ4n) is 10.0. The molecule has 11 unspecified atom stereocenters. The van der Waals surface area contributed by atoms with Gasteiger partial charge in [-0.2, -0.15) is 0 Å². The van der Waals surface area contributed by atoms with Crippen LogP contribution in [0.3, 0.4) is 0 Å². The molecule has 3 saturated carbocycles. The number of allylic oxidation sites excluding steroid dienone is 2. The van der Waals surface area contributed by atoms with Crippen molar-refractivity contribution in [2.45, 2.75) is 117 Å². The van der Waals surface area contributed by atoms with Crippen LogP contribution < -0.4 is 0 Å². The number of rotatable bonds is 4. The van der Waals surface area contributed by atoms with Gasteiger partial charge in [-0.25, -0.2) is 0 Å². The summed E-state index contributed by atoms with van der Waals surface area (Å²) in [6.45, 7) is 12.4. The van der Waals surface area contributed by atoms with Crippen molar-refractivity contribution < 1.29 is 30.0 Å². The fraction of sp³-hybridized carbons (Fsp3) is 0.900. The molecule has 0 amide bonds. The molecule has 6 nitrogen and oxygen atoms in total. The highest BCUT2D eigenvalue weighted by atomic mass is 16.6. The Hall–Kier alpha value is -0.950. The Morgan fingerprint density at radius 2 is 1.81 bits per heavy atom. The Morgan fingerprint density at radius 3 is 2.44 bits per heavy atom. The lowest BCUT2D eigenvalue weighted by molar-refractivity contribution is -0.159. The molecule has 0 radical (unpaired) electrons. The maximum absolute atomic E-state index is 13.1. The molecule has 1 aliphatic heterocycles. The first-order valence-corrected chi connectivity index (χ1v) is 14.2. The fourth-order valence-corrected chi connectivity index (χ4v) is 10.0. The molecule has 204 valence electrons. The lowest BCUT2D eigenvalue weighted by Crippen LogP contribution is -2.59. The van der Waals surface area contributed by atoms with E-state index in [-0.39, 0.29) is 46.6 Å². The summed E-state index contributed by atoms with van der Waals surface area (Å²) in [6, 6.07) is 0. The van der Waals surface area contributed by atoms with E-state index >= 15 is 0 Å². The van der Waals surface area contributed by atoms with Crippen LogP contribution in [0.15, 0.2) is 11.6 Å². The van der Waals surface area contributed by atoms with Crippen LogP contribution in [0.25, 0.3) is 0 Å². The molecular formula is C30H48O6. The summed E-state index contributed by atoms with van der Waals surface area (Å²) in [5.74, 6) is 0.423. The summed E-state index contributed by atoms with van der Waals surface area (Å²) in [4.78, 5) is 13.1. The van der Waals surface area contributed by atoms with Crippen LogP contribution >= 0.6 is 0 Å². The topological polar surface area (TPSA) is 107 Å². The van der Waals surface area contributed by atoms with Gasteiger partial charge in [0.15, 0.2) is 0 Å². The van der Waals surface area contributed by atoms with Crippen LogP contribution in [0.4, 0.5) is 0 Å². The lowest BCUT2D eigenvalue weighted by Gasteiger charge is -2.64. The van der Waals surface area contributed by atoms with Gasteiger partial charge in [-0.15, -0.1) is 0 Å². The molecule has 1 saturated heterocycles. The van der Waals surface area contributed by atoms with Gasteiger partial charge in [-0.1, -0.05) is 39.3 Å². The van der Waals surface area contributed by atoms with Crippen LogP contribution in [0.1, 0.15) is 92.9 Å². The average molecular weight is 505 g/mol. The van der Waals surface area contributed by atoms with E-state index in [0.717, 1.165) is 44.9 Å². The zero-order chi connectivity index (χ0) is 26.5. The summed E-state index contributed by atoms with van der Waals surface area (Å²) in [5, 5.41) is 42.1. The summed E-state index contributed by atoms with van der Waals surface area (Å²) in [7, 11) is 0. The van der Waals surface area contributed by atoms with Crippen molar-refractivity contribution in [2.24, 2.45) is 45.3 Å². The minimum Gasteiger partial charge on any atom is -0.459 e. The minimum absolute atomic E-state index is 0.00647. The van der Waals surface area contributed by atoms with E-state index in [1.54, 1.807) is 19.4 Å². The Labute approximate surface area is 216 Å². The van der Waals surface area contributed by atoms with Crippen LogP contribution in [0.5, 0.6) is 0 Å². The second kappa shape index (κ2) is 8.27. The van der Waals surface area contributed by atoms with Gasteiger partial charge < -0.3 is 25.2 Å². The van der Waals surface area contributed by atoms with Gasteiger partial charge in [-0.05, 0) is 92.8 Å². The second-order valence-electron chi connectivity index (χ2n) is 14.6. The van der Waals surface area contributed by atoms with Crippen molar-refractivity contribution >= 4 is 5.97 Å². The predicted molar refractivity (Wildman–Crippen MR) is 137 cm³/mol. The number of aliphatic hydroxyl groups is 4. The lowest BCUT2D eigenvalue weighted by atomic mass is 9.40. The molecule has 1 heterocycles. The van der Waals surface area contributed by atoms with E-state index in [0.29, 0.717) is 12.3 Å². The molecule has 0 spiro atoms. The molecule has 0 bridgehead atoms. The van der Waals surface area contributed by atoms with Crippen LogP contribution in [0.2, 0.25) is 0 Å². The first kappa shape index (κ1) is 26.6. The zero-order valence-corrected chi connectivity index (χ0v) is 23.1. The van der Waals surface area contributed by atoms with Crippen molar-refractivity contribution in [3.63, 3.8) is 0 Å². The van der Waals surface area contributed by atoms with Crippen molar-refractivity contribution in [2.75, 3.05) is 6.61 Å². The molecule has 5 aliphatic rings. The Balaban J connectivity index is 1.45. The largest absolute Gasteiger partial charge is 0.459 e. The molecule has 0 aromatic heterocycles. The molecule has 6 heteroatoms. The quantitative estimate of drug-likeness (QED) is 0.341. The van der Waals surface area contributed by atoms with Gasteiger partial charge in [0.1, 0.15) is 12.2 Å². The standard InChI is InChI=1S/C30H48O6/c1-26(2,35)24(33)21-15-17(25(34)36-21)18-9-13-30(6)20-7-8-22-27(3,19(20)10-14-29(18,30)5)12-11-23(32)28(22,4)16-31/h7,17-19,21-24,31-33,35H,8-16H2,1-6H3. The molecule has 11 atom stereocenters. The number of carbonyl (C=O) groups is 1. The average Bonchev–Trinajstić information content (AvgIpc) is 3.32. The highest BCUT2D eigenvalue weighted by Gasteiger charge is 2.67. The van der Waals surface area contributed by atoms with E-state index in [1.807, 2.05) is 0 Å². The van der Waals surface area contributed by atoms with E-state index in [4.69, 9.17) is 4.74 Å². The van der Waals surface area contributed by atoms with E-state index < -0.39 is 29.3 Å². The molecule has 5 rings (SSSR count). The molecular weight excluding hydrogens is 456 g/mol. The van der Waals surface area contributed by atoms with Gasteiger partial charge in [0.25, 0.3) is 0 Å². The third-order valence-electron chi connectivity index (χ3n) is 12.6. The Morgan fingerprint density at radius 1 is 1.11 bits per heavy atom. The highest BCUT2D eigenvalue weighted by Crippen LogP contribution is 2.73. The van der Waals surface area contributed by atoms with Crippen LogP contribution in [0, 0.1) is 45.3 Å². The maximum Gasteiger partial charge on any atom is 0.309 e. The number of carbonyl (C=O) groups excluding carboxylic acids is 1. The minimum atomic E-state index is -1.32. The molecule has 0 aromatic carbocycles. The number of hydrogen-bond donors (Lipinski definition) is 4. The van der Waals surface area contributed by atoms with Gasteiger partial charge in [-0.3, -0.25) is 4.79 Å². The second-order valence-corrected chi connectivity index (χ2v) is 14.6. The SMILES string of the molecule is CC(C)(O)C(O)C1CC(C2CCC3(C)C4=CCC5C(C)(CO)C(O)CCC5(C)C4CCC23C)C(=O)O1. The molecule has 4 aliphatic carbocycles. The number of fused-ring (bicyclic) bond motifs is 5. The first-order valence-electron chi connectivity index (χ1n) is 14.2. The summed E-state index contributed by atoms with van der Waals surface area (Å²) in [5.41, 5.74) is -0.232. The number of ether oxygens (including phenoxy) is 1. The maximum atomic E-state index is 13.1. The normalized spacial score (nSPS) is 51.6. The Kier molecular flexibility index (Phi) is 6.12. The number of hydrogen-bond acceptors (Lipinski definition) is 6. The van der Waals surface area contributed by atoms with E-state index in [1.165, 1.54) is 0 Å². The molecule has 36 heavy (non-hydrogen) atoms. The first-order chi connectivity index (χ1) is 16.6. The van der Waals surface area contributed by atoms with Crippen molar-refractivity contribution in [3.05, 3.63) is 11.6 Å². The third-order valence-corrected chi connectivity index (χ3v) is 12.6. The Bertz CT molecular complexity index is 938. The van der Waals surface area contributed by atoms with Crippen LogP contribution in [-0.4, -0.2) is 56.9 Å². The van der Waals surface area contributed by atoms with Crippen molar-refractivity contribution in [3.8, 4) is 0 Å². The predicted octanol–water partition coefficient (Wildman–Crippen LogP) is 3.99. The van der Waals surface area contributed by atoms with E-state index in [9.17, 15) is 25.2 Å². The summed E-state index contributed by atoms with van der Waals surface area (Å²) >= 11 is 0. The molecule has 0 aromatic rings. The van der Waals surface area contributed by atoms with Gasteiger partial charge in [0, 0.05) is 11.8 Å². The van der Waals surface area contributed by atoms with Crippen molar-refractivity contribution in [1.82, 2.24) is 0 Å². The van der Waals surface area contributed by atoms with Crippen LogP contribution in [-0.2, 0) is 9.53 Å². The van der Waals surface area contributed by atoms with E-state index in [2.05, 4.69) is 33.8 Å². The summed E-state index contributed by atoms with van der Waals surface area (Å²) < 4.78 is 5.66. The molecule has 4 N–H and O–H groups in total. The number of aliphatic hydroxyl groups excluding tert-OH is 3. The smallest absolute Gasteiger partial charge is 0.309 e. The van der Waals surface area contributed by atoms with Gasteiger partial charge in [0.05, 0.1) is 24.2 Å². The third kappa shape index (κ3) is 3.39. The molecule has 4 fully saturated rings. The number of cyclic esters (lactones) is 1. The monoisotopic (exact) mass is 504 g/mol. The summed E-state index contributed by atoms with van der Waals surface area (Å²) in [6.07, 6.45) is 7.43. The van der Waals surface area contributed by atoms with Crippen molar-refractivity contribution in [1.29, 1.82) is 0 Å². The highest BCUT2D eigenvalue weighted by molar-refractivity contribution is 5.75.